The Morgan fingerprint density at radius 2 is 2.05 bits per heavy atom. The van der Waals surface area contributed by atoms with Crippen LogP contribution in [0.15, 0.2) is 16.8 Å². The van der Waals surface area contributed by atoms with E-state index in [2.05, 4.69) is 5.32 Å². The lowest BCUT2D eigenvalue weighted by molar-refractivity contribution is 0.0607. The van der Waals surface area contributed by atoms with Crippen molar-refractivity contribution in [2.45, 2.75) is 25.7 Å². The minimum Gasteiger partial charge on any atom is -0.465 e. The number of methoxy groups -OCH3 is 1. The Morgan fingerprint density at radius 3 is 2.86 bits per heavy atom. The summed E-state index contributed by atoms with van der Waals surface area (Å²) in [6.45, 7) is 0. The summed E-state index contributed by atoms with van der Waals surface area (Å²) in [6, 6.07) is 1.73. The summed E-state index contributed by atoms with van der Waals surface area (Å²) < 4.78 is 4.72. The van der Waals surface area contributed by atoms with Crippen molar-refractivity contribution >= 4 is 40.2 Å². The summed E-state index contributed by atoms with van der Waals surface area (Å²) in [5.41, 5.74) is 2.45. The van der Waals surface area contributed by atoms with Crippen molar-refractivity contribution in [1.29, 1.82) is 0 Å². The third kappa shape index (κ3) is 2.73. The van der Waals surface area contributed by atoms with Gasteiger partial charge in [-0.15, -0.1) is 22.7 Å². The molecule has 1 aliphatic carbocycles. The first-order valence-corrected chi connectivity index (χ1v) is 8.53. The number of anilines is 1. The van der Waals surface area contributed by atoms with Crippen LogP contribution in [0.1, 0.15) is 43.3 Å². The van der Waals surface area contributed by atoms with E-state index in [1.165, 1.54) is 35.3 Å². The molecule has 3 rings (SSSR count). The standard InChI is InChI=1S/C15H15NO3S2/c1-19-15(18)13-11(6-7-20-13)16-14(17)10-8-21-12-5-3-2-4-9(10)12/h6-8H,2-5H2,1H3,(H,16,17). The maximum atomic E-state index is 12.5. The van der Waals surface area contributed by atoms with Crippen molar-refractivity contribution in [3.63, 3.8) is 0 Å². The number of hydrogen-bond acceptors (Lipinski definition) is 5. The third-order valence-corrected chi connectivity index (χ3v) is 5.57. The van der Waals surface area contributed by atoms with Crippen molar-refractivity contribution in [2.75, 3.05) is 12.4 Å². The average Bonchev–Trinajstić information content (AvgIpc) is 3.12. The minimum atomic E-state index is -0.423. The van der Waals surface area contributed by atoms with Crippen LogP contribution in [0, 0.1) is 0 Å². The Hall–Kier alpha value is -1.66. The number of hydrogen-bond donors (Lipinski definition) is 1. The van der Waals surface area contributed by atoms with E-state index in [9.17, 15) is 9.59 Å². The first-order valence-electron chi connectivity index (χ1n) is 6.77. The monoisotopic (exact) mass is 321 g/mol. The average molecular weight is 321 g/mol. The smallest absolute Gasteiger partial charge is 0.350 e. The maximum Gasteiger partial charge on any atom is 0.350 e. The summed E-state index contributed by atoms with van der Waals surface area (Å²) >= 11 is 2.92. The van der Waals surface area contributed by atoms with Gasteiger partial charge in [-0.25, -0.2) is 4.79 Å². The number of aryl methyl sites for hydroxylation is 1. The van der Waals surface area contributed by atoms with Crippen molar-refractivity contribution in [3.8, 4) is 0 Å². The molecule has 0 saturated carbocycles. The van der Waals surface area contributed by atoms with Crippen LogP contribution in [0.2, 0.25) is 0 Å². The highest BCUT2D eigenvalue weighted by atomic mass is 32.1. The van der Waals surface area contributed by atoms with Gasteiger partial charge in [-0.1, -0.05) is 0 Å². The van der Waals surface area contributed by atoms with Gasteiger partial charge in [-0.05, 0) is 42.7 Å². The molecule has 0 saturated heterocycles. The molecule has 21 heavy (non-hydrogen) atoms. The fraction of sp³-hybridized carbons (Fsp3) is 0.333. The molecule has 0 spiro atoms. The summed E-state index contributed by atoms with van der Waals surface area (Å²) in [6.07, 6.45) is 4.37. The highest BCUT2D eigenvalue weighted by Gasteiger charge is 2.22. The molecular formula is C15H15NO3S2. The van der Waals surface area contributed by atoms with Crippen molar-refractivity contribution in [3.05, 3.63) is 37.7 Å². The van der Waals surface area contributed by atoms with E-state index in [1.54, 1.807) is 22.8 Å². The molecular weight excluding hydrogens is 306 g/mol. The van der Waals surface area contributed by atoms with Crippen LogP contribution in [0.3, 0.4) is 0 Å². The molecule has 2 aromatic heterocycles. The Kier molecular flexibility index (Phi) is 4.07. The maximum absolute atomic E-state index is 12.5. The highest BCUT2D eigenvalue weighted by Crippen LogP contribution is 2.31. The molecule has 2 aromatic rings. The lowest BCUT2D eigenvalue weighted by atomic mass is 9.95. The van der Waals surface area contributed by atoms with Crippen LogP contribution in [-0.2, 0) is 17.6 Å². The van der Waals surface area contributed by atoms with E-state index >= 15 is 0 Å². The molecule has 1 aliphatic rings. The number of carbonyl (C=O) groups excluding carboxylic acids is 2. The van der Waals surface area contributed by atoms with Gasteiger partial charge in [0.2, 0.25) is 0 Å². The Labute approximate surface area is 130 Å². The molecule has 0 unspecified atom stereocenters. The summed E-state index contributed by atoms with van der Waals surface area (Å²) in [5.74, 6) is -0.564. The molecule has 4 nitrogen and oxygen atoms in total. The zero-order chi connectivity index (χ0) is 14.8. The van der Waals surface area contributed by atoms with E-state index < -0.39 is 5.97 Å². The molecule has 0 radical (unpaired) electrons. The van der Waals surface area contributed by atoms with Crippen molar-refractivity contribution in [2.24, 2.45) is 0 Å². The molecule has 110 valence electrons. The van der Waals surface area contributed by atoms with E-state index in [1.807, 2.05) is 5.38 Å². The van der Waals surface area contributed by atoms with Crippen LogP contribution < -0.4 is 5.32 Å². The first kappa shape index (κ1) is 14.3. The van der Waals surface area contributed by atoms with Gasteiger partial charge in [0.1, 0.15) is 4.88 Å². The second-order valence-electron chi connectivity index (χ2n) is 4.87. The largest absolute Gasteiger partial charge is 0.465 e. The number of fused-ring (bicyclic) bond motifs is 1. The topological polar surface area (TPSA) is 55.4 Å². The van der Waals surface area contributed by atoms with Crippen LogP contribution in [0.25, 0.3) is 0 Å². The number of nitrogens with one attached hydrogen (secondary N) is 1. The minimum absolute atomic E-state index is 0.141. The van der Waals surface area contributed by atoms with Crippen molar-refractivity contribution in [1.82, 2.24) is 0 Å². The van der Waals surface area contributed by atoms with E-state index in [0.717, 1.165) is 24.8 Å². The third-order valence-electron chi connectivity index (χ3n) is 3.59. The van der Waals surface area contributed by atoms with Gasteiger partial charge >= 0.3 is 5.97 Å². The van der Waals surface area contributed by atoms with Gasteiger partial charge in [-0.3, -0.25) is 4.79 Å². The van der Waals surface area contributed by atoms with Gasteiger partial charge < -0.3 is 10.1 Å². The van der Waals surface area contributed by atoms with E-state index in [0.29, 0.717) is 10.6 Å². The lowest BCUT2D eigenvalue weighted by Crippen LogP contribution is -2.16. The second kappa shape index (κ2) is 5.99. The van der Waals surface area contributed by atoms with Gasteiger partial charge in [0.15, 0.2) is 0 Å². The fourth-order valence-corrected chi connectivity index (χ4v) is 4.42. The molecule has 0 bridgehead atoms. The Bertz CT molecular complexity index is 687. The van der Waals surface area contributed by atoms with Crippen molar-refractivity contribution < 1.29 is 14.3 Å². The molecule has 0 aliphatic heterocycles. The molecule has 2 heterocycles. The normalized spacial score (nSPS) is 13.6. The fourth-order valence-electron chi connectivity index (χ4n) is 2.53. The summed E-state index contributed by atoms with van der Waals surface area (Å²) in [4.78, 5) is 25.8. The quantitative estimate of drug-likeness (QED) is 0.877. The Balaban J connectivity index is 1.83. The predicted molar refractivity (Wildman–Crippen MR) is 84.6 cm³/mol. The van der Waals surface area contributed by atoms with E-state index in [-0.39, 0.29) is 5.91 Å². The molecule has 1 amide bonds. The number of amides is 1. The number of carbonyl (C=O) groups is 2. The number of esters is 1. The molecule has 0 fully saturated rings. The van der Waals surface area contributed by atoms with E-state index in [4.69, 9.17) is 4.74 Å². The van der Waals surface area contributed by atoms with Crippen LogP contribution >= 0.6 is 22.7 Å². The second-order valence-corrected chi connectivity index (χ2v) is 6.75. The van der Waals surface area contributed by atoms with Gasteiger partial charge in [0.25, 0.3) is 5.91 Å². The highest BCUT2D eigenvalue weighted by molar-refractivity contribution is 7.12. The zero-order valence-corrected chi connectivity index (χ0v) is 13.2. The number of ether oxygens (including phenoxy) is 1. The number of rotatable bonds is 3. The van der Waals surface area contributed by atoms with Crippen LogP contribution in [-0.4, -0.2) is 19.0 Å². The van der Waals surface area contributed by atoms with Crippen LogP contribution in [0.5, 0.6) is 0 Å². The Morgan fingerprint density at radius 1 is 1.24 bits per heavy atom. The summed E-state index contributed by atoms with van der Waals surface area (Å²) in [7, 11) is 1.34. The molecule has 6 heteroatoms. The first-order chi connectivity index (χ1) is 10.2. The van der Waals surface area contributed by atoms with Gasteiger partial charge in [0.05, 0.1) is 18.4 Å². The number of thiophene rings is 2. The van der Waals surface area contributed by atoms with Gasteiger partial charge in [-0.2, -0.15) is 0 Å². The molecule has 1 N–H and O–H groups in total. The van der Waals surface area contributed by atoms with Crippen LogP contribution in [0.4, 0.5) is 5.69 Å². The molecule has 0 atom stereocenters. The predicted octanol–water partition coefficient (Wildman–Crippen LogP) is 3.73. The zero-order valence-electron chi connectivity index (χ0n) is 11.6. The summed E-state index contributed by atoms with van der Waals surface area (Å²) in [5, 5.41) is 6.53. The van der Waals surface area contributed by atoms with Gasteiger partial charge in [0, 0.05) is 10.3 Å². The molecule has 0 aromatic carbocycles. The lowest BCUT2D eigenvalue weighted by Gasteiger charge is -2.12. The SMILES string of the molecule is COC(=O)c1sccc1NC(=O)c1csc2c1CCCC2.